The molecule has 0 saturated carbocycles. The molecule has 0 aliphatic carbocycles. The van der Waals surface area contributed by atoms with Gasteiger partial charge in [-0.15, -0.1) is 0 Å². The first-order valence-electron chi connectivity index (χ1n) is 6.94. The molecular weight excluding hydrogens is 279 g/mol. The normalized spacial score (nSPS) is 43.9. The predicted octanol–water partition coefficient (Wildman–Crippen LogP) is 2.68. The first-order valence-corrected chi connectivity index (χ1v) is 10.1. The Morgan fingerprint density at radius 3 is 2.00 bits per heavy atom. The number of allylic oxidation sites excluding steroid dienone is 2. The summed E-state index contributed by atoms with van der Waals surface area (Å²) in [7, 11) is 0. The van der Waals surface area contributed by atoms with Crippen molar-refractivity contribution in [3.63, 3.8) is 0 Å². The van der Waals surface area contributed by atoms with Gasteiger partial charge in [0.15, 0.2) is 0 Å². The summed E-state index contributed by atoms with van der Waals surface area (Å²) in [5, 5.41) is 0. The standard InChI is InChI=1S/C14H19O3PS/c1-4-5-6-18(19)11-7(2)8(3)12(18)10-9(11)13(15)17-14(10)16/h9-12H,4-6H2,1-3H3/t9-,10+,11-,12+,18?. The lowest BCUT2D eigenvalue weighted by Gasteiger charge is -2.25. The largest absolute Gasteiger partial charge is 0.393 e. The molecule has 19 heavy (non-hydrogen) atoms. The third-order valence-electron chi connectivity index (χ3n) is 5.12. The van der Waals surface area contributed by atoms with Crippen molar-refractivity contribution >= 4 is 29.8 Å². The number of ether oxygens (including phenoxy) is 1. The molecule has 1 unspecified atom stereocenters. The molecule has 2 bridgehead atoms. The van der Waals surface area contributed by atoms with Crippen LogP contribution >= 0.6 is 6.04 Å². The van der Waals surface area contributed by atoms with Gasteiger partial charge in [-0.25, -0.2) is 0 Å². The van der Waals surface area contributed by atoms with Crippen molar-refractivity contribution in [2.24, 2.45) is 11.8 Å². The van der Waals surface area contributed by atoms with E-state index in [0.29, 0.717) is 0 Å². The Kier molecular flexibility index (Phi) is 3.03. The minimum absolute atomic E-state index is 0.142. The number of esters is 2. The summed E-state index contributed by atoms with van der Waals surface area (Å²) in [4.78, 5) is 24.0. The van der Waals surface area contributed by atoms with Crippen LogP contribution in [0.5, 0.6) is 0 Å². The summed E-state index contributed by atoms with van der Waals surface area (Å²) >= 11 is 6.06. The maximum atomic E-state index is 12.0. The molecule has 0 aromatic rings. The highest BCUT2D eigenvalue weighted by Gasteiger charge is 2.68. The second kappa shape index (κ2) is 4.26. The molecule has 0 amide bonds. The second-order valence-corrected chi connectivity index (χ2v) is 11.3. The van der Waals surface area contributed by atoms with Crippen LogP contribution in [0.2, 0.25) is 0 Å². The van der Waals surface area contributed by atoms with Gasteiger partial charge in [0.1, 0.15) is 0 Å². The summed E-state index contributed by atoms with van der Waals surface area (Å²) in [6, 6.07) is -1.68. The van der Waals surface area contributed by atoms with Crippen LogP contribution in [0, 0.1) is 11.8 Å². The fourth-order valence-corrected chi connectivity index (χ4v) is 11.5. The van der Waals surface area contributed by atoms with E-state index in [1.165, 1.54) is 11.1 Å². The summed E-state index contributed by atoms with van der Waals surface area (Å²) in [6.45, 7) is 6.35. The van der Waals surface area contributed by atoms with E-state index in [0.717, 1.165) is 19.0 Å². The van der Waals surface area contributed by atoms with Gasteiger partial charge in [-0.05, 0) is 32.5 Å². The molecule has 0 N–H and O–H groups in total. The smallest absolute Gasteiger partial charge is 0.318 e. The highest BCUT2D eigenvalue weighted by Crippen LogP contribution is 2.76. The summed E-state index contributed by atoms with van der Waals surface area (Å²) in [5.74, 6) is -1.16. The Labute approximate surface area is 118 Å². The van der Waals surface area contributed by atoms with E-state index in [-0.39, 0.29) is 35.1 Å². The average Bonchev–Trinajstić information content (AvgIpc) is 2.85. The molecule has 0 aromatic carbocycles. The van der Waals surface area contributed by atoms with Crippen LogP contribution in [0.15, 0.2) is 11.1 Å². The van der Waals surface area contributed by atoms with Crippen molar-refractivity contribution in [1.29, 1.82) is 0 Å². The minimum atomic E-state index is -1.68. The first kappa shape index (κ1) is 13.5. The van der Waals surface area contributed by atoms with Gasteiger partial charge in [0.2, 0.25) is 0 Å². The fraction of sp³-hybridized carbons (Fsp3) is 0.714. The van der Waals surface area contributed by atoms with Gasteiger partial charge in [0, 0.05) is 11.3 Å². The van der Waals surface area contributed by atoms with E-state index in [1.54, 1.807) is 0 Å². The lowest BCUT2D eigenvalue weighted by Crippen LogP contribution is -2.30. The molecule has 0 spiro atoms. The van der Waals surface area contributed by atoms with E-state index in [1.807, 2.05) is 0 Å². The number of cyclic esters (lactones) is 2. The van der Waals surface area contributed by atoms with Crippen LogP contribution < -0.4 is 0 Å². The lowest BCUT2D eigenvalue weighted by atomic mass is 9.78. The number of fused-ring (bicyclic) bond motifs is 5. The quantitative estimate of drug-likeness (QED) is 0.348. The second-order valence-electron chi connectivity index (χ2n) is 5.98. The van der Waals surface area contributed by atoms with E-state index in [2.05, 4.69) is 20.8 Å². The molecule has 3 nitrogen and oxygen atoms in total. The lowest BCUT2D eigenvalue weighted by molar-refractivity contribution is -0.153. The van der Waals surface area contributed by atoms with Crippen LogP contribution in [-0.2, 0) is 26.1 Å². The fourth-order valence-electron chi connectivity index (χ4n) is 4.24. The monoisotopic (exact) mass is 298 g/mol. The third kappa shape index (κ3) is 1.53. The molecular formula is C14H19O3PS. The maximum Gasteiger partial charge on any atom is 0.318 e. The molecule has 2 saturated heterocycles. The summed E-state index contributed by atoms with van der Waals surface area (Å²) in [5.41, 5.74) is 2.83. The van der Waals surface area contributed by atoms with Gasteiger partial charge in [0.25, 0.3) is 0 Å². The van der Waals surface area contributed by atoms with Crippen molar-refractivity contribution < 1.29 is 14.3 Å². The van der Waals surface area contributed by atoms with E-state index < -0.39 is 6.04 Å². The predicted molar refractivity (Wildman–Crippen MR) is 78.1 cm³/mol. The highest BCUT2D eigenvalue weighted by molar-refractivity contribution is 8.15. The zero-order chi connectivity index (χ0) is 13.9. The molecule has 5 atom stereocenters. The molecule has 3 heterocycles. The summed E-state index contributed by atoms with van der Waals surface area (Å²) < 4.78 is 4.87. The molecule has 3 aliphatic heterocycles. The Balaban J connectivity index is 2.08. The topological polar surface area (TPSA) is 43.4 Å². The van der Waals surface area contributed by atoms with Crippen LogP contribution in [-0.4, -0.2) is 29.4 Å². The molecule has 0 aromatic heterocycles. The van der Waals surface area contributed by atoms with Gasteiger partial charge in [-0.2, -0.15) is 0 Å². The first-order chi connectivity index (χ1) is 8.93. The molecule has 104 valence electrons. The van der Waals surface area contributed by atoms with E-state index in [4.69, 9.17) is 16.5 Å². The Morgan fingerprint density at radius 2 is 1.58 bits per heavy atom. The van der Waals surface area contributed by atoms with Gasteiger partial charge in [0.05, 0.1) is 11.8 Å². The van der Waals surface area contributed by atoms with Crippen LogP contribution in [0.25, 0.3) is 0 Å². The van der Waals surface area contributed by atoms with Gasteiger partial charge >= 0.3 is 11.9 Å². The van der Waals surface area contributed by atoms with Gasteiger partial charge in [-0.1, -0.05) is 36.3 Å². The number of hydrogen-bond donors (Lipinski definition) is 0. The van der Waals surface area contributed by atoms with Crippen molar-refractivity contribution in [2.45, 2.75) is 44.9 Å². The minimum Gasteiger partial charge on any atom is -0.393 e. The molecule has 5 heteroatoms. The van der Waals surface area contributed by atoms with Crippen LogP contribution in [0.4, 0.5) is 0 Å². The Morgan fingerprint density at radius 1 is 1.11 bits per heavy atom. The molecule has 0 radical (unpaired) electrons. The van der Waals surface area contributed by atoms with Crippen molar-refractivity contribution in [2.75, 3.05) is 6.16 Å². The average molecular weight is 298 g/mol. The molecule has 3 rings (SSSR count). The number of carbonyl (C=O) groups is 2. The van der Waals surface area contributed by atoms with Gasteiger partial charge < -0.3 is 4.74 Å². The number of unbranched alkanes of at least 4 members (excludes halogenated alkanes) is 1. The van der Waals surface area contributed by atoms with Crippen molar-refractivity contribution in [3.8, 4) is 0 Å². The van der Waals surface area contributed by atoms with E-state index >= 15 is 0 Å². The van der Waals surface area contributed by atoms with Crippen LogP contribution in [0.3, 0.4) is 0 Å². The van der Waals surface area contributed by atoms with Crippen molar-refractivity contribution in [3.05, 3.63) is 11.1 Å². The highest BCUT2D eigenvalue weighted by atomic mass is 32.4. The third-order valence-corrected chi connectivity index (χ3v) is 11.4. The SMILES string of the molecule is CCCCP1(=S)[C@@H]2C(C)=C(C)[C@H]1[C@H]1C(=O)OC(=O)[C@H]12. The maximum absolute atomic E-state index is 12.0. The van der Waals surface area contributed by atoms with E-state index in [9.17, 15) is 9.59 Å². The van der Waals surface area contributed by atoms with Gasteiger partial charge in [-0.3, -0.25) is 9.59 Å². The van der Waals surface area contributed by atoms with Crippen molar-refractivity contribution in [1.82, 2.24) is 0 Å². The zero-order valence-electron chi connectivity index (χ0n) is 11.5. The Bertz CT molecular complexity index is 511. The number of rotatable bonds is 3. The Hall–Kier alpha value is -0.470. The molecule has 2 fully saturated rings. The number of carbonyl (C=O) groups excluding carboxylic acids is 2. The number of hydrogen-bond acceptors (Lipinski definition) is 4. The zero-order valence-corrected chi connectivity index (χ0v) is 13.2. The van der Waals surface area contributed by atoms with Crippen LogP contribution in [0.1, 0.15) is 33.6 Å². The summed E-state index contributed by atoms with van der Waals surface area (Å²) in [6.07, 6.45) is 3.24. The molecule has 3 aliphatic rings.